The first kappa shape index (κ1) is 20.6. The second kappa shape index (κ2) is 9.43. The molecule has 4 heterocycles. The van der Waals surface area contributed by atoms with Gasteiger partial charge in [0.2, 0.25) is 11.8 Å². The average Bonchev–Trinajstić information content (AvgIpc) is 3.23. The van der Waals surface area contributed by atoms with Crippen molar-refractivity contribution in [3.05, 3.63) is 5.89 Å². The van der Waals surface area contributed by atoms with Crippen molar-refractivity contribution in [1.82, 2.24) is 24.8 Å². The first-order valence-corrected chi connectivity index (χ1v) is 11.4. The van der Waals surface area contributed by atoms with Gasteiger partial charge in [-0.3, -0.25) is 9.69 Å². The molecule has 3 aliphatic heterocycles. The highest BCUT2D eigenvalue weighted by molar-refractivity contribution is 5.79. The van der Waals surface area contributed by atoms with Gasteiger partial charge in [0.05, 0.1) is 5.92 Å². The van der Waals surface area contributed by atoms with E-state index in [9.17, 15) is 4.79 Å². The normalized spacial score (nSPS) is 25.5. The van der Waals surface area contributed by atoms with E-state index >= 15 is 0 Å². The van der Waals surface area contributed by atoms with Crippen molar-refractivity contribution in [1.29, 1.82) is 0 Å². The van der Waals surface area contributed by atoms with Gasteiger partial charge in [-0.05, 0) is 50.9 Å². The van der Waals surface area contributed by atoms with Gasteiger partial charge < -0.3 is 19.2 Å². The Morgan fingerprint density at radius 2 is 1.83 bits per heavy atom. The number of aryl methyl sites for hydroxylation is 1. The van der Waals surface area contributed by atoms with Crippen molar-refractivity contribution >= 4 is 11.9 Å². The summed E-state index contributed by atoms with van der Waals surface area (Å²) in [6, 6.07) is 0.566. The molecule has 0 N–H and O–H groups in total. The maximum absolute atomic E-state index is 13.0. The fourth-order valence-electron chi connectivity index (χ4n) is 4.95. The number of anilines is 1. The summed E-state index contributed by atoms with van der Waals surface area (Å²) in [6.07, 6.45) is 6.26. The van der Waals surface area contributed by atoms with Crippen molar-refractivity contribution < 1.29 is 9.32 Å². The molecule has 3 saturated heterocycles. The van der Waals surface area contributed by atoms with Crippen LogP contribution < -0.4 is 4.90 Å². The van der Waals surface area contributed by atoms with Gasteiger partial charge in [0.25, 0.3) is 5.95 Å². The fourth-order valence-corrected chi connectivity index (χ4v) is 4.95. The summed E-state index contributed by atoms with van der Waals surface area (Å²) in [6.45, 7) is 9.86. The van der Waals surface area contributed by atoms with Gasteiger partial charge >= 0.3 is 0 Å². The number of hydrogen-bond donors (Lipinski definition) is 0. The van der Waals surface area contributed by atoms with Crippen LogP contribution >= 0.6 is 0 Å². The topological polar surface area (TPSA) is 69.0 Å². The highest BCUT2D eigenvalue weighted by Gasteiger charge is 2.34. The van der Waals surface area contributed by atoms with Crippen molar-refractivity contribution in [3.8, 4) is 0 Å². The van der Waals surface area contributed by atoms with Gasteiger partial charge in [0.15, 0.2) is 0 Å². The third-order valence-electron chi connectivity index (χ3n) is 6.80. The number of aromatic nitrogens is 2. The van der Waals surface area contributed by atoms with Crippen LogP contribution in [0.1, 0.15) is 44.9 Å². The number of hydrogen-bond acceptors (Lipinski definition) is 7. The Kier molecular flexibility index (Phi) is 6.70. The molecule has 0 aromatic carbocycles. The van der Waals surface area contributed by atoms with E-state index in [-0.39, 0.29) is 5.92 Å². The molecule has 0 unspecified atom stereocenters. The molecule has 162 valence electrons. The molecule has 1 aromatic rings. The first-order valence-electron chi connectivity index (χ1n) is 11.4. The molecule has 0 bridgehead atoms. The highest BCUT2D eigenvalue weighted by Crippen LogP contribution is 2.26. The van der Waals surface area contributed by atoms with Crippen molar-refractivity contribution in [2.24, 2.45) is 5.92 Å². The van der Waals surface area contributed by atoms with E-state index in [1.807, 2.05) is 0 Å². The Morgan fingerprint density at radius 1 is 1.07 bits per heavy atom. The van der Waals surface area contributed by atoms with Crippen molar-refractivity contribution in [2.45, 2.75) is 51.5 Å². The summed E-state index contributed by atoms with van der Waals surface area (Å²) in [5.41, 5.74) is 0. The summed E-state index contributed by atoms with van der Waals surface area (Å²) in [5, 5.41) is 4.16. The quantitative estimate of drug-likeness (QED) is 0.736. The van der Waals surface area contributed by atoms with Crippen LogP contribution in [0.3, 0.4) is 0 Å². The number of rotatable bonds is 5. The molecule has 8 nitrogen and oxygen atoms in total. The molecule has 0 saturated carbocycles. The summed E-state index contributed by atoms with van der Waals surface area (Å²) < 4.78 is 5.35. The molecule has 1 atom stereocenters. The Balaban J connectivity index is 1.27. The van der Waals surface area contributed by atoms with Crippen LogP contribution in [0.5, 0.6) is 0 Å². The highest BCUT2D eigenvalue weighted by atomic mass is 16.5. The molecule has 0 spiro atoms. The molecule has 3 aliphatic rings. The van der Waals surface area contributed by atoms with E-state index in [1.54, 1.807) is 0 Å². The van der Waals surface area contributed by atoms with Gasteiger partial charge in [0.1, 0.15) is 0 Å². The van der Waals surface area contributed by atoms with Crippen LogP contribution in [0, 0.1) is 5.92 Å². The maximum Gasteiger partial charge on any atom is 0.266 e. The van der Waals surface area contributed by atoms with Crippen molar-refractivity contribution in [3.63, 3.8) is 0 Å². The SMILES string of the molecule is CCCc1nc(N2CCC(N3CCC[C@@H](C(=O)N4CCN(C)CC4)C3)CC2)no1. The number of carbonyl (C=O) groups excluding carboxylic acids is 1. The largest absolute Gasteiger partial charge is 0.340 e. The molecule has 0 radical (unpaired) electrons. The summed E-state index contributed by atoms with van der Waals surface area (Å²) in [5.74, 6) is 2.05. The van der Waals surface area contributed by atoms with Gasteiger partial charge in [-0.1, -0.05) is 6.92 Å². The van der Waals surface area contributed by atoms with E-state index in [1.165, 1.54) is 0 Å². The van der Waals surface area contributed by atoms with Crippen LogP contribution in [0.25, 0.3) is 0 Å². The number of nitrogens with zero attached hydrogens (tertiary/aromatic N) is 6. The zero-order valence-corrected chi connectivity index (χ0v) is 18.1. The zero-order chi connectivity index (χ0) is 20.2. The van der Waals surface area contributed by atoms with Crippen LogP contribution in [0.15, 0.2) is 4.52 Å². The number of carbonyl (C=O) groups is 1. The van der Waals surface area contributed by atoms with E-state index in [4.69, 9.17) is 4.52 Å². The summed E-state index contributed by atoms with van der Waals surface area (Å²) in [7, 11) is 2.13. The molecule has 4 rings (SSSR count). The lowest BCUT2D eigenvalue weighted by atomic mass is 9.92. The predicted octanol–water partition coefficient (Wildman–Crippen LogP) is 1.48. The van der Waals surface area contributed by atoms with Crippen LogP contribution in [0.2, 0.25) is 0 Å². The lowest BCUT2D eigenvalue weighted by molar-refractivity contribution is -0.139. The zero-order valence-electron chi connectivity index (χ0n) is 18.1. The Hall–Kier alpha value is -1.67. The molecule has 1 amide bonds. The third kappa shape index (κ3) is 4.91. The van der Waals surface area contributed by atoms with Gasteiger partial charge in [-0.25, -0.2) is 0 Å². The minimum atomic E-state index is 0.180. The second-order valence-corrected chi connectivity index (χ2v) is 8.92. The van der Waals surface area contributed by atoms with E-state index in [0.717, 1.165) is 103 Å². The molecule has 0 aliphatic carbocycles. The number of likely N-dealkylation sites (N-methyl/N-ethyl adjacent to an activating group) is 1. The standard InChI is InChI=1S/C21H36N6O2/c1-3-5-19-22-21(23-29-19)26-10-7-18(8-11-26)27-9-4-6-17(16-27)20(28)25-14-12-24(2)13-15-25/h17-18H,3-16H2,1-2H3/t17-/m1/s1. The molecule has 1 aromatic heterocycles. The summed E-state index contributed by atoms with van der Waals surface area (Å²) in [4.78, 5) is 26.8. The van der Waals surface area contributed by atoms with Gasteiger partial charge in [-0.2, -0.15) is 4.98 Å². The molecular formula is C21H36N6O2. The maximum atomic E-state index is 13.0. The average molecular weight is 405 g/mol. The minimum absolute atomic E-state index is 0.180. The Morgan fingerprint density at radius 3 is 2.55 bits per heavy atom. The number of likely N-dealkylation sites (tertiary alicyclic amines) is 1. The monoisotopic (exact) mass is 404 g/mol. The summed E-state index contributed by atoms with van der Waals surface area (Å²) >= 11 is 0. The molecule has 3 fully saturated rings. The number of amides is 1. The van der Waals surface area contributed by atoms with E-state index in [2.05, 4.69) is 43.7 Å². The number of piperazine rings is 1. The first-order chi connectivity index (χ1) is 14.1. The fraction of sp³-hybridized carbons (Fsp3) is 0.857. The third-order valence-corrected chi connectivity index (χ3v) is 6.80. The van der Waals surface area contributed by atoms with Crippen LogP contribution in [-0.4, -0.2) is 96.2 Å². The molecular weight excluding hydrogens is 368 g/mol. The van der Waals surface area contributed by atoms with Crippen molar-refractivity contribution in [2.75, 3.05) is 64.3 Å². The second-order valence-electron chi connectivity index (χ2n) is 8.92. The van der Waals surface area contributed by atoms with E-state index in [0.29, 0.717) is 11.9 Å². The van der Waals surface area contributed by atoms with Crippen LogP contribution in [-0.2, 0) is 11.2 Å². The lowest BCUT2D eigenvalue weighted by Gasteiger charge is -2.43. The lowest BCUT2D eigenvalue weighted by Crippen LogP contribution is -2.54. The Labute approximate surface area is 174 Å². The molecule has 29 heavy (non-hydrogen) atoms. The predicted molar refractivity (Wildman–Crippen MR) is 112 cm³/mol. The Bertz CT molecular complexity index is 664. The van der Waals surface area contributed by atoms with Gasteiger partial charge in [0, 0.05) is 58.3 Å². The van der Waals surface area contributed by atoms with Crippen LogP contribution in [0.4, 0.5) is 5.95 Å². The smallest absolute Gasteiger partial charge is 0.266 e. The van der Waals surface area contributed by atoms with E-state index < -0.39 is 0 Å². The number of piperidine rings is 2. The minimum Gasteiger partial charge on any atom is -0.340 e. The molecule has 8 heteroatoms. The van der Waals surface area contributed by atoms with Gasteiger partial charge in [-0.15, -0.1) is 0 Å².